The predicted molar refractivity (Wildman–Crippen MR) is 97.1 cm³/mol. The zero-order chi connectivity index (χ0) is 13.8. The molecule has 0 saturated heterocycles. The maximum absolute atomic E-state index is 4.44. The van der Waals surface area contributed by atoms with Crippen molar-refractivity contribution in [3.8, 4) is 0 Å². The molecule has 0 radical (unpaired) electrons. The quantitative estimate of drug-likeness (QED) is 0.447. The van der Waals surface area contributed by atoms with Crippen LogP contribution in [0.4, 0.5) is 0 Å². The van der Waals surface area contributed by atoms with Crippen LogP contribution >= 0.6 is 35.3 Å². The zero-order valence-electron chi connectivity index (χ0n) is 12.7. The summed E-state index contributed by atoms with van der Waals surface area (Å²) < 4.78 is 0. The fourth-order valence-corrected chi connectivity index (χ4v) is 3.26. The molecule has 114 valence electrons. The van der Waals surface area contributed by atoms with E-state index >= 15 is 0 Å². The topological polar surface area (TPSA) is 49.3 Å². The van der Waals surface area contributed by atoms with E-state index in [4.69, 9.17) is 0 Å². The Morgan fingerprint density at radius 1 is 1.45 bits per heavy atom. The van der Waals surface area contributed by atoms with E-state index in [-0.39, 0.29) is 24.0 Å². The Kier molecular flexibility index (Phi) is 7.22. The van der Waals surface area contributed by atoms with Crippen LogP contribution in [0.3, 0.4) is 0 Å². The SMILES string of the molecule is CCCC1CC1NC(=NC)NCc1sc(C)nc1C.I. The van der Waals surface area contributed by atoms with Gasteiger partial charge >= 0.3 is 0 Å². The lowest BCUT2D eigenvalue weighted by atomic mass is 10.2. The van der Waals surface area contributed by atoms with Crippen LogP contribution in [-0.2, 0) is 6.54 Å². The van der Waals surface area contributed by atoms with Gasteiger partial charge in [0.25, 0.3) is 0 Å². The molecule has 0 aromatic carbocycles. The molecule has 0 spiro atoms. The molecule has 2 rings (SSSR count). The molecular formula is C14H25IN4S. The Morgan fingerprint density at radius 2 is 2.20 bits per heavy atom. The van der Waals surface area contributed by atoms with Crippen LogP contribution in [0, 0.1) is 19.8 Å². The number of nitrogens with one attached hydrogen (secondary N) is 2. The smallest absolute Gasteiger partial charge is 0.191 e. The van der Waals surface area contributed by atoms with Gasteiger partial charge in [0.05, 0.1) is 17.2 Å². The van der Waals surface area contributed by atoms with Crippen LogP contribution < -0.4 is 10.6 Å². The van der Waals surface area contributed by atoms with Crippen molar-refractivity contribution in [2.24, 2.45) is 10.9 Å². The van der Waals surface area contributed by atoms with Gasteiger partial charge in [-0.2, -0.15) is 0 Å². The van der Waals surface area contributed by atoms with E-state index in [0.29, 0.717) is 6.04 Å². The molecule has 2 atom stereocenters. The highest BCUT2D eigenvalue weighted by Crippen LogP contribution is 2.34. The number of aromatic nitrogens is 1. The minimum atomic E-state index is 0. The normalized spacial score (nSPS) is 21.3. The van der Waals surface area contributed by atoms with Crippen LogP contribution in [0.25, 0.3) is 0 Å². The minimum Gasteiger partial charge on any atom is -0.353 e. The molecule has 6 heteroatoms. The third-order valence-corrected chi connectivity index (χ3v) is 4.62. The molecule has 2 N–H and O–H groups in total. The van der Waals surface area contributed by atoms with E-state index in [1.54, 1.807) is 11.3 Å². The van der Waals surface area contributed by atoms with Crippen molar-refractivity contribution in [2.45, 2.75) is 52.6 Å². The van der Waals surface area contributed by atoms with Crippen molar-refractivity contribution < 1.29 is 0 Å². The molecule has 1 aromatic heterocycles. The van der Waals surface area contributed by atoms with Gasteiger partial charge in [0.1, 0.15) is 0 Å². The van der Waals surface area contributed by atoms with Crippen LogP contribution in [0.2, 0.25) is 0 Å². The monoisotopic (exact) mass is 408 g/mol. The van der Waals surface area contributed by atoms with Crippen molar-refractivity contribution in [1.82, 2.24) is 15.6 Å². The lowest BCUT2D eigenvalue weighted by Crippen LogP contribution is -2.38. The minimum absolute atomic E-state index is 0. The van der Waals surface area contributed by atoms with Crippen LogP contribution in [0.5, 0.6) is 0 Å². The van der Waals surface area contributed by atoms with Crippen LogP contribution in [0.1, 0.15) is 41.8 Å². The van der Waals surface area contributed by atoms with E-state index in [1.165, 1.54) is 24.1 Å². The Bertz CT molecular complexity index is 458. The number of aliphatic imine (C=N–C) groups is 1. The van der Waals surface area contributed by atoms with Crippen molar-refractivity contribution >= 4 is 41.3 Å². The Balaban J connectivity index is 0.00000200. The highest BCUT2D eigenvalue weighted by atomic mass is 127. The maximum atomic E-state index is 4.44. The Labute approximate surface area is 142 Å². The molecule has 2 unspecified atom stereocenters. The number of thiazole rings is 1. The van der Waals surface area contributed by atoms with E-state index in [1.807, 2.05) is 14.0 Å². The van der Waals surface area contributed by atoms with E-state index < -0.39 is 0 Å². The van der Waals surface area contributed by atoms with Crippen molar-refractivity contribution in [2.75, 3.05) is 7.05 Å². The van der Waals surface area contributed by atoms with Crippen molar-refractivity contribution in [3.63, 3.8) is 0 Å². The van der Waals surface area contributed by atoms with Crippen LogP contribution in [-0.4, -0.2) is 24.0 Å². The molecule has 1 aliphatic carbocycles. The average Bonchev–Trinajstić information content (AvgIpc) is 3.02. The van der Waals surface area contributed by atoms with Gasteiger partial charge < -0.3 is 10.6 Å². The molecule has 1 aromatic rings. The van der Waals surface area contributed by atoms with E-state index in [2.05, 4.69) is 34.5 Å². The number of halogens is 1. The van der Waals surface area contributed by atoms with Gasteiger partial charge in [-0.1, -0.05) is 13.3 Å². The molecule has 1 aliphatic rings. The second-order valence-corrected chi connectivity index (χ2v) is 6.49. The fourth-order valence-electron chi connectivity index (χ4n) is 2.39. The lowest BCUT2D eigenvalue weighted by Gasteiger charge is -2.11. The molecule has 20 heavy (non-hydrogen) atoms. The van der Waals surface area contributed by atoms with Gasteiger partial charge in [-0.25, -0.2) is 4.98 Å². The summed E-state index contributed by atoms with van der Waals surface area (Å²) in [4.78, 5) is 10.0. The van der Waals surface area contributed by atoms with Gasteiger partial charge in [0.15, 0.2) is 5.96 Å². The first-order valence-corrected chi connectivity index (χ1v) is 7.85. The van der Waals surface area contributed by atoms with Gasteiger partial charge in [0, 0.05) is 18.0 Å². The zero-order valence-corrected chi connectivity index (χ0v) is 15.8. The molecule has 1 heterocycles. The Morgan fingerprint density at radius 3 is 2.75 bits per heavy atom. The number of guanidine groups is 1. The third kappa shape index (κ3) is 4.87. The van der Waals surface area contributed by atoms with Gasteiger partial charge in [-0.15, -0.1) is 35.3 Å². The summed E-state index contributed by atoms with van der Waals surface area (Å²) in [5.74, 6) is 1.75. The first-order chi connectivity index (χ1) is 9.13. The first kappa shape index (κ1) is 17.7. The standard InChI is InChI=1S/C14H24N4S.HI/c1-5-6-11-7-12(11)18-14(15-4)16-8-13-9(2)17-10(3)19-13;/h11-12H,5-8H2,1-4H3,(H2,15,16,18);1H. The molecule has 4 nitrogen and oxygen atoms in total. The fraction of sp³-hybridized carbons (Fsp3) is 0.714. The highest BCUT2D eigenvalue weighted by Gasteiger charge is 2.36. The largest absolute Gasteiger partial charge is 0.353 e. The highest BCUT2D eigenvalue weighted by molar-refractivity contribution is 14.0. The lowest BCUT2D eigenvalue weighted by molar-refractivity contribution is 0.655. The van der Waals surface area contributed by atoms with Gasteiger partial charge in [0.2, 0.25) is 0 Å². The second-order valence-electron chi connectivity index (χ2n) is 5.20. The molecule has 1 fully saturated rings. The number of hydrogen-bond donors (Lipinski definition) is 2. The molecular weight excluding hydrogens is 383 g/mol. The number of hydrogen-bond acceptors (Lipinski definition) is 3. The predicted octanol–water partition coefficient (Wildman–Crippen LogP) is 3.23. The summed E-state index contributed by atoms with van der Waals surface area (Å²) in [5.41, 5.74) is 1.13. The second kappa shape index (κ2) is 8.17. The molecule has 1 saturated carbocycles. The summed E-state index contributed by atoms with van der Waals surface area (Å²) in [7, 11) is 1.83. The summed E-state index contributed by atoms with van der Waals surface area (Å²) in [6.07, 6.45) is 3.88. The van der Waals surface area contributed by atoms with E-state index in [0.717, 1.165) is 29.1 Å². The van der Waals surface area contributed by atoms with Gasteiger partial charge in [-0.3, -0.25) is 4.99 Å². The molecule has 0 bridgehead atoms. The van der Waals surface area contributed by atoms with Crippen molar-refractivity contribution in [1.29, 1.82) is 0 Å². The van der Waals surface area contributed by atoms with Gasteiger partial charge in [-0.05, 0) is 32.6 Å². The number of rotatable bonds is 5. The summed E-state index contributed by atoms with van der Waals surface area (Å²) in [6.45, 7) is 7.17. The molecule has 0 aliphatic heterocycles. The van der Waals surface area contributed by atoms with E-state index in [9.17, 15) is 0 Å². The first-order valence-electron chi connectivity index (χ1n) is 7.04. The molecule has 0 amide bonds. The third-order valence-electron chi connectivity index (χ3n) is 3.54. The maximum Gasteiger partial charge on any atom is 0.191 e. The summed E-state index contributed by atoms with van der Waals surface area (Å²) in [5, 5.41) is 8.01. The van der Waals surface area contributed by atoms with Crippen molar-refractivity contribution in [3.05, 3.63) is 15.6 Å². The van der Waals surface area contributed by atoms with Crippen LogP contribution in [0.15, 0.2) is 4.99 Å². The summed E-state index contributed by atoms with van der Waals surface area (Å²) in [6, 6.07) is 0.621. The number of nitrogens with zero attached hydrogens (tertiary/aromatic N) is 2. The summed E-state index contributed by atoms with van der Waals surface area (Å²) >= 11 is 1.75. The Hall–Kier alpha value is -0.370. The number of aryl methyl sites for hydroxylation is 2. The average molecular weight is 408 g/mol.